The second kappa shape index (κ2) is 7.70. The standard InChI is InChI=1S/C14H26O3/c1-4-5-6-13(14(15)16-3)17-12-9-7-11(2)8-10-12/h11-13H,4-10H2,1-3H3. The van der Waals surface area contributed by atoms with Crippen molar-refractivity contribution >= 4 is 5.97 Å². The first-order valence-corrected chi connectivity index (χ1v) is 6.90. The van der Waals surface area contributed by atoms with Crippen LogP contribution in [-0.4, -0.2) is 25.3 Å². The van der Waals surface area contributed by atoms with Gasteiger partial charge in [-0.05, 0) is 38.0 Å². The number of carbonyl (C=O) groups is 1. The number of carbonyl (C=O) groups excluding carboxylic acids is 1. The molecule has 0 heterocycles. The van der Waals surface area contributed by atoms with Gasteiger partial charge in [0.05, 0.1) is 13.2 Å². The van der Waals surface area contributed by atoms with Crippen LogP contribution in [0.2, 0.25) is 0 Å². The van der Waals surface area contributed by atoms with E-state index in [2.05, 4.69) is 13.8 Å². The van der Waals surface area contributed by atoms with Gasteiger partial charge in [-0.3, -0.25) is 0 Å². The van der Waals surface area contributed by atoms with Gasteiger partial charge in [0.25, 0.3) is 0 Å². The fourth-order valence-corrected chi connectivity index (χ4v) is 2.36. The molecule has 1 aliphatic rings. The normalized spacial score (nSPS) is 26.5. The number of ether oxygens (including phenoxy) is 2. The van der Waals surface area contributed by atoms with Crippen LogP contribution in [0.3, 0.4) is 0 Å². The van der Waals surface area contributed by atoms with Crippen molar-refractivity contribution in [1.82, 2.24) is 0 Å². The van der Waals surface area contributed by atoms with Crippen molar-refractivity contribution in [1.29, 1.82) is 0 Å². The van der Waals surface area contributed by atoms with Crippen molar-refractivity contribution in [2.45, 2.75) is 71.0 Å². The van der Waals surface area contributed by atoms with Crippen molar-refractivity contribution in [3.8, 4) is 0 Å². The predicted octanol–water partition coefficient (Wildman–Crippen LogP) is 3.31. The van der Waals surface area contributed by atoms with E-state index in [1.807, 2.05) is 0 Å². The van der Waals surface area contributed by atoms with Gasteiger partial charge in [-0.2, -0.15) is 0 Å². The molecule has 17 heavy (non-hydrogen) atoms. The van der Waals surface area contributed by atoms with Gasteiger partial charge in [-0.1, -0.05) is 26.7 Å². The summed E-state index contributed by atoms with van der Waals surface area (Å²) < 4.78 is 10.7. The van der Waals surface area contributed by atoms with Gasteiger partial charge in [0.15, 0.2) is 6.10 Å². The van der Waals surface area contributed by atoms with Crippen LogP contribution < -0.4 is 0 Å². The predicted molar refractivity (Wildman–Crippen MR) is 67.8 cm³/mol. The minimum absolute atomic E-state index is 0.211. The molecule has 0 aliphatic heterocycles. The molecule has 3 heteroatoms. The van der Waals surface area contributed by atoms with E-state index in [0.717, 1.165) is 38.0 Å². The highest BCUT2D eigenvalue weighted by atomic mass is 16.6. The topological polar surface area (TPSA) is 35.5 Å². The number of esters is 1. The van der Waals surface area contributed by atoms with Gasteiger partial charge in [-0.15, -0.1) is 0 Å². The maximum atomic E-state index is 11.6. The van der Waals surface area contributed by atoms with Crippen LogP contribution in [0.4, 0.5) is 0 Å². The second-order valence-corrected chi connectivity index (χ2v) is 5.17. The summed E-state index contributed by atoms with van der Waals surface area (Å²) >= 11 is 0. The lowest BCUT2D eigenvalue weighted by atomic mass is 9.89. The molecule has 0 N–H and O–H groups in total. The van der Waals surface area contributed by atoms with Gasteiger partial charge in [-0.25, -0.2) is 4.79 Å². The molecular formula is C14H26O3. The minimum Gasteiger partial charge on any atom is -0.467 e. The number of methoxy groups -OCH3 is 1. The summed E-state index contributed by atoms with van der Waals surface area (Å²) in [7, 11) is 1.44. The van der Waals surface area contributed by atoms with Gasteiger partial charge in [0.2, 0.25) is 0 Å². The highest BCUT2D eigenvalue weighted by Gasteiger charge is 2.26. The third-order valence-corrected chi connectivity index (χ3v) is 3.60. The lowest BCUT2D eigenvalue weighted by Gasteiger charge is -2.29. The molecule has 3 nitrogen and oxygen atoms in total. The van der Waals surface area contributed by atoms with E-state index in [1.54, 1.807) is 0 Å². The molecule has 1 atom stereocenters. The Morgan fingerprint density at radius 2 is 1.94 bits per heavy atom. The van der Waals surface area contributed by atoms with Crippen molar-refractivity contribution in [3.05, 3.63) is 0 Å². The van der Waals surface area contributed by atoms with Crippen molar-refractivity contribution in [3.63, 3.8) is 0 Å². The maximum absolute atomic E-state index is 11.6. The molecule has 0 amide bonds. The molecular weight excluding hydrogens is 216 g/mol. The Balaban J connectivity index is 2.39. The monoisotopic (exact) mass is 242 g/mol. The molecule has 0 aromatic heterocycles. The van der Waals surface area contributed by atoms with E-state index in [-0.39, 0.29) is 18.2 Å². The molecule has 0 radical (unpaired) electrons. The summed E-state index contributed by atoms with van der Waals surface area (Å²) in [6, 6.07) is 0. The summed E-state index contributed by atoms with van der Waals surface area (Å²) in [6.45, 7) is 4.40. The molecule has 0 aromatic rings. The SMILES string of the molecule is CCCCC(OC1CCC(C)CC1)C(=O)OC. The highest BCUT2D eigenvalue weighted by Crippen LogP contribution is 2.27. The molecule has 100 valence electrons. The zero-order chi connectivity index (χ0) is 12.7. The fraction of sp³-hybridized carbons (Fsp3) is 0.929. The van der Waals surface area contributed by atoms with Gasteiger partial charge < -0.3 is 9.47 Å². The smallest absolute Gasteiger partial charge is 0.334 e. The zero-order valence-electron chi connectivity index (χ0n) is 11.4. The molecule has 0 aromatic carbocycles. The van der Waals surface area contributed by atoms with Gasteiger partial charge in [0, 0.05) is 0 Å². The molecule has 1 aliphatic carbocycles. The molecule has 1 unspecified atom stereocenters. The average Bonchev–Trinajstić information content (AvgIpc) is 2.36. The zero-order valence-corrected chi connectivity index (χ0v) is 11.4. The average molecular weight is 242 g/mol. The van der Waals surface area contributed by atoms with Crippen molar-refractivity contribution in [2.24, 2.45) is 5.92 Å². The lowest BCUT2D eigenvalue weighted by Crippen LogP contribution is -2.32. The Morgan fingerprint density at radius 1 is 1.29 bits per heavy atom. The van der Waals surface area contributed by atoms with Crippen LogP contribution in [0.5, 0.6) is 0 Å². The Labute approximate surface area is 105 Å². The van der Waals surface area contributed by atoms with Crippen LogP contribution >= 0.6 is 0 Å². The van der Waals surface area contributed by atoms with Crippen LogP contribution in [-0.2, 0) is 14.3 Å². The van der Waals surface area contributed by atoms with Crippen molar-refractivity contribution in [2.75, 3.05) is 7.11 Å². The summed E-state index contributed by atoms with van der Waals surface area (Å²) in [5, 5.41) is 0. The van der Waals surface area contributed by atoms with E-state index in [1.165, 1.54) is 20.0 Å². The van der Waals surface area contributed by atoms with E-state index >= 15 is 0 Å². The Bertz CT molecular complexity index is 220. The summed E-state index contributed by atoms with van der Waals surface area (Å²) in [6.07, 6.45) is 7.39. The highest BCUT2D eigenvalue weighted by molar-refractivity contribution is 5.74. The summed E-state index contributed by atoms with van der Waals surface area (Å²) in [5.41, 5.74) is 0. The van der Waals surface area contributed by atoms with Crippen molar-refractivity contribution < 1.29 is 14.3 Å². The van der Waals surface area contributed by atoms with Crippen LogP contribution in [0.1, 0.15) is 58.8 Å². The number of rotatable bonds is 6. The third-order valence-electron chi connectivity index (χ3n) is 3.60. The molecule has 0 saturated heterocycles. The quantitative estimate of drug-likeness (QED) is 0.670. The van der Waals surface area contributed by atoms with E-state index < -0.39 is 0 Å². The first kappa shape index (κ1) is 14.5. The maximum Gasteiger partial charge on any atom is 0.334 e. The largest absolute Gasteiger partial charge is 0.467 e. The van der Waals surface area contributed by atoms with Gasteiger partial charge in [0.1, 0.15) is 0 Å². The number of hydrogen-bond donors (Lipinski definition) is 0. The molecule has 0 spiro atoms. The van der Waals surface area contributed by atoms with E-state index in [9.17, 15) is 4.79 Å². The Hall–Kier alpha value is -0.570. The number of hydrogen-bond acceptors (Lipinski definition) is 3. The van der Waals surface area contributed by atoms with Crippen LogP contribution in [0.15, 0.2) is 0 Å². The van der Waals surface area contributed by atoms with Crippen LogP contribution in [0, 0.1) is 5.92 Å². The van der Waals surface area contributed by atoms with E-state index in [0.29, 0.717) is 0 Å². The van der Waals surface area contributed by atoms with Gasteiger partial charge >= 0.3 is 5.97 Å². The molecule has 0 bridgehead atoms. The molecule has 1 rings (SSSR count). The Morgan fingerprint density at radius 3 is 2.47 bits per heavy atom. The first-order valence-electron chi connectivity index (χ1n) is 6.90. The Kier molecular flexibility index (Phi) is 6.56. The minimum atomic E-state index is -0.349. The lowest BCUT2D eigenvalue weighted by molar-refractivity contribution is -0.160. The summed E-state index contributed by atoms with van der Waals surface area (Å²) in [5.74, 6) is 0.596. The summed E-state index contributed by atoms with van der Waals surface area (Å²) in [4.78, 5) is 11.6. The number of unbranched alkanes of at least 4 members (excludes halogenated alkanes) is 1. The first-order chi connectivity index (χ1) is 8.17. The molecule has 1 saturated carbocycles. The van der Waals surface area contributed by atoms with E-state index in [4.69, 9.17) is 9.47 Å². The fourth-order valence-electron chi connectivity index (χ4n) is 2.36. The molecule has 1 fully saturated rings. The second-order valence-electron chi connectivity index (χ2n) is 5.17. The third kappa shape index (κ3) is 5.07. The van der Waals surface area contributed by atoms with Crippen LogP contribution in [0.25, 0.3) is 0 Å².